The molecule has 0 aliphatic carbocycles. The van der Waals surface area contributed by atoms with Gasteiger partial charge in [0.25, 0.3) is 5.88 Å². The van der Waals surface area contributed by atoms with Crippen LogP contribution in [0.4, 0.5) is 13.2 Å². The average molecular weight is 313 g/mol. The van der Waals surface area contributed by atoms with Crippen molar-refractivity contribution in [2.75, 3.05) is 6.61 Å². The fourth-order valence-electron chi connectivity index (χ4n) is 1.31. The largest absolute Gasteiger partial charge is 0.464 e. The van der Waals surface area contributed by atoms with Gasteiger partial charge in [0.05, 0.1) is 21.1 Å². The Hall–Kier alpha value is -1.47. The van der Waals surface area contributed by atoms with Gasteiger partial charge >= 0.3 is 11.7 Å². The number of benzene rings is 1. The fraction of sp³-hybridized carbons (Fsp3) is 0.200. The van der Waals surface area contributed by atoms with Gasteiger partial charge in [0, 0.05) is 0 Å². The average Bonchev–Trinajstić information content (AvgIpc) is 2.28. The quantitative estimate of drug-likeness (QED) is 0.926. The molecule has 1 aromatic carbocycles. The van der Waals surface area contributed by atoms with E-state index in [1.807, 2.05) is 0 Å². The molecule has 0 unspecified atom stereocenters. The third-order valence-electron chi connectivity index (χ3n) is 2.08. The minimum absolute atomic E-state index is 0.162. The molecule has 2 aromatic rings. The lowest BCUT2D eigenvalue weighted by molar-refractivity contribution is -0.154. The molecule has 2 rings (SSSR count). The van der Waals surface area contributed by atoms with Gasteiger partial charge in [-0.1, -0.05) is 23.2 Å². The first-order valence-corrected chi connectivity index (χ1v) is 5.60. The Morgan fingerprint density at radius 1 is 1.26 bits per heavy atom. The Balaban J connectivity index is 2.44. The summed E-state index contributed by atoms with van der Waals surface area (Å²) in [5.41, 5.74) is -0.458. The van der Waals surface area contributed by atoms with Crippen molar-refractivity contribution >= 4 is 34.2 Å². The fourth-order valence-corrected chi connectivity index (χ4v) is 1.63. The summed E-state index contributed by atoms with van der Waals surface area (Å²) < 4.78 is 40.3. The number of aromatic nitrogens is 2. The number of alkyl halides is 3. The molecule has 0 aliphatic rings. The number of rotatable bonds is 2. The summed E-state index contributed by atoms with van der Waals surface area (Å²) >= 11 is 11.5. The Bertz CT molecular complexity index is 685. The lowest BCUT2D eigenvalue weighted by atomic mass is 10.3. The Morgan fingerprint density at radius 2 is 1.89 bits per heavy atom. The molecule has 0 saturated heterocycles. The normalized spacial score (nSPS) is 11.8. The molecule has 102 valence electrons. The van der Waals surface area contributed by atoms with E-state index in [-0.39, 0.29) is 21.1 Å². The molecule has 1 aromatic heterocycles. The van der Waals surface area contributed by atoms with Gasteiger partial charge in [0.2, 0.25) is 0 Å². The van der Waals surface area contributed by atoms with Crippen LogP contribution in [-0.4, -0.2) is 22.8 Å². The molecule has 4 nitrogen and oxygen atoms in total. The summed E-state index contributed by atoms with van der Waals surface area (Å²) in [4.78, 5) is 17.4. The van der Waals surface area contributed by atoms with Gasteiger partial charge in [-0.15, -0.1) is 0 Å². The van der Waals surface area contributed by atoms with Gasteiger partial charge in [0.1, 0.15) is 0 Å². The van der Waals surface area contributed by atoms with Crippen molar-refractivity contribution in [2.24, 2.45) is 0 Å². The monoisotopic (exact) mass is 312 g/mol. The summed E-state index contributed by atoms with van der Waals surface area (Å²) in [6.45, 7) is -1.60. The number of nitrogens with zero attached hydrogens (tertiary/aromatic N) is 1. The van der Waals surface area contributed by atoms with Crippen LogP contribution in [0.25, 0.3) is 11.0 Å². The van der Waals surface area contributed by atoms with E-state index in [2.05, 4.69) is 14.7 Å². The maximum absolute atomic E-state index is 12.0. The first-order valence-electron chi connectivity index (χ1n) is 4.85. The minimum atomic E-state index is -4.55. The van der Waals surface area contributed by atoms with Crippen LogP contribution >= 0.6 is 23.2 Å². The molecule has 0 spiro atoms. The third-order valence-corrected chi connectivity index (χ3v) is 2.80. The second-order valence-corrected chi connectivity index (χ2v) is 4.37. The van der Waals surface area contributed by atoms with E-state index >= 15 is 0 Å². The number of halogens is 5. The molecule has 0 atom stereocenters. The van der Waals surface area contributed by atoms with Crippen molar-refractivity contribution < 1.29 is 17.9 Å². The van der Waals surface area contributed by atoms with Crippen LogP contribution in [-0.2, 0) is 0 Å². The van der Waals surface area contributed by atoms with E-state index in [0.29, 0.717) is 0 Å². The van der Waals surface area contributed by atoms with E-state index in [1.165, 1.54) is 12.1 Å². The van der Waals surface area contributed by atoms with Crippen LogP contribution in [0.3, 0.4) is 0 Å². The third kappa shape index (κ3) is 3.30. The first kappa shape index (κ1) is 14.0. The lowest BCUT2D eigenvalue weighted by Gasteiger charge is -2.08. The van der Waals surface area contributed by atoms with Crippen molar-refractivity contribution in [3.8, 4) is 5.88 Å². The smallest absolute Gasteiger partial charge is 0.422 e. The van der Waals surface area contributed by atoms with Crippen LogP contribution in [0.15, 0.2) is 16.9 Å². The molecule has 9 heteroatoms. The zero-order valence-corrected chi connectivity index (χ0v) is 10.5. The second kappa shape index (κ2) is 4.90. The van der Waals surface area contributed by atoms with Gasteiger partial charge in [-0.25, -0.2) is 4.98 Å². The molecule has 1 N–H and O–H groups in total. The van der Waals surface area contributed by atoms with Crippen LogP contribution in [0.5, 0.6) is 5.88 Å². The molecule has 1 heterocycles. The molecular formula is C10H5Cl2F3N2O2. The number of hydrogen-bond acceptors (Lipinski definition) is 3. The lowest BCUT2D eigenvalue weighted by Crippen LogP contribution is -2.23. The van der Waals surface area contributed by atoms with Crippen LogP contribution in [0.2, 0.25) is 10.0 Å². The molecule has 0 aliphatic heterocycles. The van der Waals surface area contributed by atoms with Crippen molar-refractivity contribution in [3.63, 3.8) is 0 Å². The number of hydrogen-bond donors (Lipinski definition) is 1. The zero-order chi connectivity index (χ0) is 14.2. The molecular weight excluding hydrogens is 308 g/mol. The highest BCUT2D eigenvalue weighted by Gasteiger charge is 2.29. The van der Waals surface area contributed by atoms with Gasteiger partial charge in [-0.3, -0.25) is 4.79 Å². The summed E-state index contributed by atoms with van der Waals surface area (Å²) in [5.74, 6) is -0.678. The van der Waals surface area contributed by atoms with Crippen LogP contribution in [0.1, 0.15) is 0 Å². The standard InChI is InChI=1S/C10H5Cl2F3N2O2/c11-4-1-6-7(2-5(4)12)17-9(8(18)16-6)19-3-10(13,14)15/h1-2H,3H2,(H,16,18). The number of H-pyrrole nitrogens is 1. The van der Waals surface area contributed by atoms with Crippen molar-refractivity contribution in [1.29, 1.82) is 0 Å². The van der Waals surface area contributed by atoms with E-state index < -0.39 is 24.2 Å². The number of aromatic amines is 1. The van der Waals surface area contributed by atoms with E-state index in [4.69, 9.17) is 23.2 Å². The van der Waals surface area contributed by atoms with Crippen molar-refractivity contribution in [2.45, 2.75) is 6.18 Å². The predicted molar refractivity (Wildman–Crippen MR) is 63.9 cm³/mol. The maximum atomic E-state index is 12.0. The number of nitrogens with one attached hydrogen (secondary N) is 1. The number of fused-ring (bicyclic) bond motifs is 1. The molecule has 0 saturated carbocycles. The molecule has 0 bridgehead atoms. The van der Waals surface area contributed by atoms with Gasteiger partial charge < -0.3 is 9.72 Å². The molecule has 0 radical (unpaired) electrons. The zero-order valence-electron chi connectivity index (χ0n) is 9.02. The van der Waals surface area contributed by atoms with Gasteiger partial charge in [0.15, 0.2) is 6.61 Å². The Morgan fingerprint density at radius 3 is 2.53 bits per heavy atom. The van der Waals surface area contributed by atoms with E-state index in [9.17, 15) is 18.0 Å². The highest BCUT2D eigenvalue weighted by molar-refractivity contribution is 6.42. The first-order chi connectivity index (χ1) is 8.76. The van der Waals surface area contributed by atoms with Crippen molar-refractivity contribution in [1.82, 2.24) is 9.97 Å². The summed E-state index contributed by atoms with van der Waals surface area (Å²) in [5, 5.41) is 0.353. The number of ether oxygens (including phenoxy) is 1. The topological polar surface area (TPSA) is 55.0 Å². The summed E-state index contributed by atoms with van der Waals surface area (Å²) in [6.07, 6.45) is -4.55. The highest BCUT2D eigenvalue weighted by Crippen LogP contribution is 2.26. The second-order valence-electron chi connectivity index (χ2n) is 3.56. The summed E-state index contributed by atoms with van der Waals surface area (Å²) in [6, 6.07) is 2.66. The predicted octanol–water partition coefficient (Wildman–Crippen LogP) is 3.17. The van der Waals surface area contributed by atoms with Crippen LogP contribution in [0, 0.1) is 0 Å². The minimum Gasteiger partial charge on any atom is -0.464 e. The van der Waals surface area contributed by atoms with E-state index in [0.717, 1.165) is 0 Å². The van der Waals surface area contributed by atoms with Gasteiger partial charge in [-0.2, -0.15) is 13.2 Å². The Kier molecular flexibility index (Phi) is 3.60. The molecule has 0 amide bonds. The SMILES string of the molecule is O=c1[nH]c2cc(Cl)c(Cl)cc2nc1OCC(F)(F)F. The van der Waals surface area contributed by atoms with Crippen molar-refractivity contribution in [3.05, 3.63) is 32.5 Å². The molecule has 19 heavy (non-hydrogen) atoms. The Labute approximate surface area is 114 Å². The summed E-state index contributed by atoms with van der Waals surface area (Å²) in [7, 11) is 0. The highest BCUT2D eigenvalue weighted by atomic mass is 35.5. The maximum Gasteiger partial charge on any atom is 0.422 e. The molecule has 0 fully saturated rings. The van der Waals surface area contributed by atoms with Gasteiger partial charge in [-0.05, 0) is 12.1 Å². The van der Waals surface area contributed by atoms with E-state index in [1.54, 1.807) is 0 Å². The van der Waals surface area contributed by atoms with Crippen LogP contribution < -0.4 is 10.3 Å².